The van der Waals surface area contributed by atoms with Crippen molar-refractivity contribution >= 4 is 21.5 Å². The quantitative estimate of drug-likeness (QED) is 0.186. The first-order chi connectivity index (χ1) is 22.2. The van der Waals surface area contributed by atoms with Crippen LogP contribution in [0.4, 0.5) is 0 Å². The molecule has 46 heavy (non-hydrogen) atoms. The second-order valence-corrected chi connectivity index (χ2v) is 14.4. The topological polar surface area (TPSA) is 0 Å². The van der Waals surface area contributed by atoms with Crippen molar-refractivity contribution in [2.24, 2.45) is 23.7 Å². The Morgan fingerprint density at radius 3 is 1.39 bits per heavy atom. The number of aryl methyl sites for hydroxylation is 6. The Bertz CT molecular complexity index is 1540. The lowest BCUT2D eigenvalue weighted by atomic mass is 9.62. The molecule has 4 atom stereocenters. The first-order valence-electron chi connectivity index (χ1n) is 18.1. The van der Waals surface area contributed by atoms with Crippen molar-refractivity contribution in [2.75, 3.05) is 0 Å². The molecular formula is C46H60. The van der Waals surface area contributed by atoms with Gasteiger partial charge in [0, 0.05) is 0 Å². The second kappa shape index (κ2) is 17.5. The van der Waals surface area contributed by atoms with Gasteiger partial charge in [0.1, 0.15) is 0 Å². The van der Waals surface area contributed by atoms with E-state index in [0.717, 1.165) is 23.7 Å². The third-order valence-corrected chi connectivity index (χ3v) is 10.8. The van der Waals surface area contributed by atoms with Gasteiger partial charge in [0.05, 0.1) is 0 Å². The van der Waals surface area contributed by atoms with Gasteiger partial charge < -0.3 is 0 Å². The van der Waals surface area contributed by atoms with Crippen molar-refractivity contribution in [1.29, 1.82) is 0 Å². The summed E-state index contributed by atoms with van der Waals surface area (Å²) in [7, 11) is 0. The molecule has 0 spiro atoms. The van der Waals surface area contributed by atoms with Gasteiger partial charge in [0.15, 0.2) is 0 Å². The van der Waals surface area contributed by atoms with E-state index in [1.807, 2.05) is 0 Å². The van der Waals surface area contributed by atoms with Gasteiger partial charge >= 0.3 is 0 Å². The minimum Gasteiger partial charge on any atom is -0.0651 e. The smallest absolute Gasteiger partial charge is 0.0152 e. The Morgan fingerprint density at radius 2 is 0.957 bits per heavy atom. The lowest BCUT2D eigenvalue weighted by molar-refractivity contribution is 0.0702. The highest BCUT2D eigenvalue weighted by molar-refractivity contribution is 5.88. The van der Waals surface area contributed by atoms with Crippen molar-refractivity contribution in [3.63, 3.8) is 0 Å². The van der Waals surface area contributed by atoms with E-state index >= 15 is 0 Å². The molecule has 0 aliphatic heterocycles. The monoisotopic (exact) mass is 612 g/mol. The molecular weight excluding hydrogens is 553 g/mol. The molecule has 4 unspecified atom stereocenters. The van der Waals surface area contributed by atoms with Crippen LogP contribution >= 0.6 is 0 Å². The van der Waals surface area contributed by atoms with E-state index in [1.165, 1.54) is 106 Å². The highest BCUT2D eigenvalue weighted by Gasteiger charge is 2.36. The zero-order valence-electron chi connectivity index (χ0n) is 30.2. The summed E-state index contributed by atoms with van der Waals surface area (Å²) < 4.78 is 0. The Hall–Kier alpha value is -3.38. The highest BCUT2D eigenvalue weighted by atomic mass is 14.4. The van der Waals surface area contributed by atoms with Gasteiger partial charge in [0.2, 0.25) is 0 Å². The number of hydrogen-bond donors (Lipinski definition) is 0. The van der Waals surface area contributed by atoms with Crippen LogP contribution in [0.2, 0.25) is 0 Å². The summed E-state index contributed by atoms with van der Waals surface area (Å²) in [4.78, 5) is 0. The lowest BCUT2D eigenvalue weighted by Crippen LogP contribution is -2.34. The van der Waals surface area contributed by atoms with Crippen LogP contribution in [0.15, 0.2) is 97.1 Å². The van der Waals surface area contributed by atoms with E-state index < -0.39 is 0 Å². The summed E-state index contributed by atoms with van der Waals surface area (Å²) in [5.74, 6) is 4.27. The van der Waals surface area contributed by atoms with Crippen molar-refractivity contribution in [1.82, 2.24) is 0 Å². The van der Waals surface area contributed by atoms with E-state index in [-0.39, 0.29) is 0 Å². The van der Waals surface area contributed by atoms with E-state index in [2.05, 4.69) is 152 Å². The summed E-state index contributed by atoms with van der Waals surface area (Å²) in [6, 6.07) is 34.6. The van der Waals surface area contributed by atoms with Gasteiger partial charge in [-0.05, 0) is 127 Å². The van der Waals surface area contributed by atoms with Gasteiger partial charge in [-0.3, -0.25) is 0 Å². The predicted octanol–water partition coefficient (Wildman–Crippen LogP) is 13.7. The normalized spacial score (nSPS) is 20.3. The molecule has 0 bridgehead atoms. The third-order valence-electron chi connectivity index (χ3n) is 10.8. The Morgan fingerprint density at radius 1 is 0.500 bits per heavy atom. The third kappa shape index (κ3) is 9.81. The van der Waals surface area contributed by atoms with Crippen molar-refractivity contribution < 1.29 is 0 Å². The molecule has 5 aromatic carbocycles. The molecule has 0 aromatic heterocycles. The first kappa shape index (κ1) is 35.5. The Kier molecular flexibility index (Phi) is 13.5. The van der Waals surface area contributed by atoms with Crippen molar-refractivity contribution in [3.05, 3.63) is 130 Å². The molecule has 0 heterocycles. The van der Waals surface area contributed by atoms with Crippen LogP contribution in [0.3, 0.4) is 0 Å². The van der Waals surface area contributed by atoms with Gasteiger partial charge in [-0.25, -0.2) is 0 Å². The van der Waals surface area contributed by atoms with Gasteiger partial charge in [-0.15, -0.1) is 0 Å². The molecule has 2 aliphatic carbocycles. The van der Waals surface area contributed by atoms with Crippen LogP contribution in [0.5, 0.6) is 0 Å². The molecule has 2 aliphatic rings. The fraction of sp³-hybridized carbons (Fsp3) is 0.435. The second-order valence-electron chi connectivity index (χ2n) is 14.4. The maximum Gasteiger partial charge on any atom is -0.0152 e. The fourth-order valence-electron chi connectivity index (χ4n) is 7.76. The van der Waals surface area contributed by atoms with E-state index in [0.29, 0.717) is 0 Å². The van der Waals surface area contributed by atoms with Crippen LogP contribution in [0, 0.1) is 58.3 Å². The summed E-state index contributed by atoms with van der Waals surface area (Å²) in [6.45, 7) is 17.9. The molecule has 0 heteroatoms. The molecule has 0 amide bonds. The number of rotatable bonds is 2. The molecule has 2 fully saturated rings. The van der Waals surface area contributed by atoms with Crippen LogP contribution in [-0.4, -0.2) is 0 Å². The average Bonchev–Trinajstić information content (AvgIpc) is 3.05. The first-order valence-corrected chi connectivity index (χ1v) is 18.1. The fourth-order valence-corrected chi connectivity index (χ4v) is 7.76. The molecule has 7 rings (SSSR count). The summed E-state index contributed by atoms with van der Waals surface area (Å²) in [5, 5.41) is 5.41. The molecule has 0 radical (unpaired) electrons. The minimum atomic E-state index is 1.03. The van der Waals surface area contributed by atoms with Gasteiger partial charge in [-0.2, -0.15) is 0 Å². The van der Waals surface area contributed by atoms with Gasteiger partial charge in [-0.1, -0.05) is 156 Å². The number of hydrogen-bond acceptors (Lipinski definition) is 0. The standard InChI is InChI=1S/C12H22.2C12H12.C10H14/c2*1-9-5-3-8-12-10(2)6-4-7-11(9)12;1-9-7-11-5-3-4-6-12(11)8-10(9)2;1-3-4-10-7-5-9(2)6-8-10/h9-12H,3-8H2,1-2H3;2*3-8H,1-2H3;5-8H,3-4H2,1-2H3. The maximum absolute atomic E-state index is 2.48. The Balaban J connectivity index is 0.000000140. The molecule has 0 saturated heterocycles. The van der Waals surface area contributed by atoms with Crippen LogP contribution < -0.4 is 0 Å². The predicted molar refractivity (Wildman–Crippen MR) is 205 cm³/mol. The van der Waals surface area contributed by atoms with Gasteiger partial charge in [0.25, 0.3) is 0 Å². The summed E-state index contributed by atoms with van der Waals surface area (Å²) >= 11 is 0. The molecule has 2 saturated carbocycles. The SMILES string of the molecule is CC1CCCC2C(C)CCCC12.CCCc1ccc(C)cc1.Cc1cc2ccccc2cc1C.Cc1cccc2c(C)cccc12. The largest absolute Gasteiger partial charge is 0.0651 e. The summed E-state index contributed by atoms with van der Waals surface area (Å²) in [6.07, 6.45) is 11.6. The summed E-state index contributed by atoms with van der Waals surface area (Å²) in [5.41, 5.74) is 8.25. The number of fused-ring (bicyclic) bond motifs is 3. The van der Waals surface area contributed by atoms with Crippen molar-refractivity contribution in [2.45, 2.75) is 107 Å². The van der Waals surface area contributed by atoms with E-state index in [1.54, 1.807) is 0 Å². The van der Waals surface area contributed by atoms with Crippen LogP contribution in [0.25, 0.3) is 21.5 Å². The van der Waals surface area contributed by atoms with Crippen LogP contribution in [-0.2, 0) is 6.42 Å². The highest BCUT2D eigenvalue weighted by Crippen LogP contribution is 2.46. The zero-order chi connectivity index (χ0) is 33.1. The lowest BCUT2D eigenvalue weighted by Gasteiger charge is -2.43. The van der Waals surface area contributed by atoms with Crippen LogP contribution in [0.1, 0.15) is 99.1 Å². The molecule has 5 aromatic rings. The zero-order valence-corrected chi connectivity index (χ0v) is 30.2. The average molecular weight is 613 g/mol. The molecule has 0 N–H and O–H groups in total. The van der Waals surface area contributed by atoms with Crippen molar-refractivity contribution in [3.8, 4) is 0 Å². The number of benzene rings is 5. The minimum absolute atomic E-state index is 1.03. The Labute approximate surface area is 281 Å². The molecule has 244 valence electrons. The van der Waals surface area contributed by atoms with E-state index in [9.17, 15) is 0 Å². The molecule has 0 nitrogen and oxygen atoms in total. The van der Waals surface area contributed by atoms with E-state index in [4.69, 9.17) is 0 Å². The maximum atomic E-state index is 2.48.